The van der Waals surface area contributed by atoms with Gasteiger partial charge in [-0.15, -0.1) is 0 Å². The summed E-state index contributed by atoms with van der Waals surface area (Å²) < 4.78 is 14.7. The standard InChI is InChI=1S/C14H14BrFN2/c15-11-5-3-4-10(8-11)9-14(18-17)12-6-1-2-7-13(12)16/h1-8,14,18H,9,17H2. The van der Waals surface area contributed by atoms with Crippen LogP contribution in [0.5, 0.6) is 0 Å². The maximum atomic E-state index is 13.7. The Morgan fingerprint density at radius 3 is 2.61 bits per heavy atom. The lowest BCUT2D eigenvalue weighted by Gasteiger charge is -2.17. The number of halogens is 2. The number of nitrogens with two attached hydrogens (primary N) is 1. The summed E-state index contributed by atoms with van der Waals surface area (Å²) in [5.74, 6) is 5.29. The van der Waals surface area contributed by atoms with E-state index in [9.17, 15) is 4.39 Å². The lowest BCUT2D eigenvalue weighted by molar-refractivity contribution is 0.510. The average molecular weight is 309 g/mol. The van der Waals surface area contributed by atoms with E-state index in [0.717, 1.165) is 10.0 Å². The quantitative estimate of drug-likeness (QED) is 0.671. The molecular weight excluding hydrogens is 295 g/mol. The third-order valence-corrected chi connectivity index (χ3v) is 3.30. The van der Waals surface area contributed by atoms with Gasteiger partial charge in [-0.25, -0.2) is 4.39 Å². The van der Waals surface area contributed by atoms with Crippen molar-refractivity contribution in [1.29, 1.82) is 0 Å². The summed E-state index contributed by atoms with van der Waals surface area (Å²) in [6.07, 6.45) is 0.636. The molecule has 0 amide bonds. The second-order valence-electron chi connectivity index (χ2n) is 4.07. The molecule has 0 aromatic heterocycles. The number of hydrogen-bond acceptors (Lipinski definition) is 2. The predicted octanol–water partition coefficient (Wildman–Crippen LogP) is 3.34. The summed E-state index contributed by atoms with van der Waals surface area (Å²) in [5.41, 5.74) is 4.35. The van der Waals surface area contributed by atoms with Crippen LogP contribution in [0.3, 0.4) is 0 Å². The number of rotatable bonds is 4. The van der Waals surface area contributed by atoms with E-state index < -0.39 is 0 Å². The third-order valence-electron chi connectivity index (χ3n) is 2.81. The summed E-state index contributed by atoms with van der Waals surface area (Å²) in [6.45, 7) is 0. The minimum absolute atomic E-state index is 0.236. The monoisotopic (exact) mass is 308 g/mol. The minimum atomic E-state index is -0.240. The molecule has 0 spiro atoms. The Kier molecular flexibility index (Phi) is 4.47. The van der Waals surface area contributed by atoms with Crippen molar-refractivity contribution in [3.8, 4) is 0 Å². The zero-order valence-corrected chi connectivity index (χ0v) is 11.3. The van der Waals surface area contributed by atoms with Crippen molar-refractivity contribution >= 4 is 15.9 Å². The van der Waals surface area contributed by atoms with Gasteiger partial charge in [0, 0.05) is 10.0 Å². The summed E-state index contributed by atoms with van der Waals surface area (Å²) in [4.78, 5) is 0. The molecule has 1 unspecified atom stereocenters. The first-order valence-electron chi connectivity index (χ1n) is 5.65. The molecule has 4 heteroatoms. The summed E-state index contributed by atoms with van der Waals surface area (Å²) >= 11 is 3.42. The predicted molar refractivity (Wildman–Crippen MR) is 74.3 cm³/mol. The molecule has 1 atom stereocenters. The van der Waals surface area contributed by atoms with Crippen molar-refractivity contribution in [2.75, 3.05) is 0 Å². The van der Waals surface area contributed by atoms with E-state index >= 15 is 0 Å². The van der Waals surface area contributed by atoms with Crippen LogP contribution in [0.2, 0.25) is 0 Å². The molecule has 3 N–H and O–H groups in total. The maximum absolute atomic E-state index is 13.7. The van der Waals surface area contributed by atoms with Crippen LogP contribution >= 0.6 is 15.9 Å². The lowest BCUT2D eigenvalue weighted by Crippen LogP contribution is -2.30. The van der Waals surface area contributed by atoms with Crippen LogP contribution in [-0.4, -0.2) is 0 Å². The van der Waals surface area contributed by atoms with Gasteiger partial charge < -0.3 is 0 Å². The van der Waals surface area contributed by atoms with E-state index in [0.29, 0.717) is 12.0 Å². The van der Waals surface area contributed by atoms with Gasteiger partial charge in [-0.1, -0.05) is 46.3 Å². The number of nitrogens with one attached hydrogen (secondary N) is 1. The number of hydrazine groups is 1. The van der Waals surface area contributed by atoms with Gasteiger partial charge in [-0.3, -0.25) is 11.3 Å². The minimum Gasteiger partial charge on any atom is -0.271 e. The smallest absolute Gasteiger partial charge is 0.128 e. The van der Waals surface area contributed by atoms with Crippen LogP contribution in [0.15, 0.2) is 53.0 Å². The van der Waals surface area contributed by atoms with Gasteiger partial charge in [0.05, 0.1) is 6.04 Å². The van der Waals surface area contributed by atoms with E-state index in [-0.39, 0.29) is 11.9 Å². The zero-order valence-electron chi connectivity index (χ0n) is 9.74. The Bertz CT molecular complexity index is 531. The van der Waals surface area contributed by atoms with E-state index in [1.807, 2.05) is 30.3 Å². The SMILES string of the molecule is NNC(Cc1cccc(Br)c1)c1ccccc1F. The average Bonchev–Trinajstić information content (AvgIpc) is 2.37. The first-order valence-corrected chi connectivity index (χ1v) is 6.45. The summed E-state index contributed by atoms with van der Waals surface area (Å²) in [7, 11) is 0. The maximum Gasteiger partial charge on any atom is 0.128 e. The van der Waals surface area contributed by atoms with Gasteiger partial charge >= 0.3 is 0 Å². The highest BCUT2D eigenvalue weighted by Gasteiger charge is 2.14. The van der Waals surface area contributed by atoms with Crippen LogP contribution in [0, 0.1) is 5.82 Å². The molecule has 18 heavy (non-hydrogen) atoms. The van der Waals surface area contributed by atoms with Crippen LogP contribution in [0.4, 0.5) is 4.39 Å². The normalized spacial score (nSPS) is 12.4. The Morgan fingerprint density at radius 2 is 1.94 bits per heavy atom. The molecule has 2 aromatic carbocycles. The Morgan fingerprint density at radius 1 is 1.17 bits per heavy atom. The number of hydrogen-bond donors (Lipinski definition) is 2. The molecule has 0 heterocycles. The van der Waals surface area contributed by atoms with Gasteiger partial charge in [-0.2, -0.15) is 0 Å². The molecule has 2 aromatic rings. The topological polar surface area (TPSA) is 38.0 Å². The second-order valence-corrected chi connectivity index (χ2v) is 4.99. The fourth-order valence-electron chi connectivity index (χ4n) is 1.92. The molecule has 0 radical (unpaired) electrons. The highest BCUT2D eigenvalue weighted by Crippen LogP contribution is 2.22. The fourth-order valence-corrected chi connectivity index (χ4v) is 2.36. The van der Waals surface area contributed by atoms with Gasteiger partial charge in [0.25, 0.3) is 0 Å². The molecule has 0 saturated carbocycles. The highest BCUT2D eigenvalue weighted by molar-refractivity contribution is 9.10. The molecule has 0 fully saturated rings. The Balaban J connectivity index is 2.23. The molecule has 2 rings (SSSR count). The zero-order chi connectivity index (χ0) is 13.0. The largest absolute Gasteiger partial charge is 0.271 e. The van der Waals surface area contributed by atoms with Crippen molar-refractivity contribution in [1.82, 2.24) is 5.43 Å². The van der Waals surface area contributed by atoms with Gasteiger partial charge in [0.2, 0.25) is 0 Å². The summed E-state index contributed by atoms with van der Waals surface area (Å²) in [6, 6.07) is 14.3. The Hall–Kier alpha value is -1.23. The molecule has 0 aliphatic rings. The van der Waals surface area contributed by atoms with Crippen molar-refractivity contribution < 1.29 is 4.39 Å². The molecule has 94 valence electrons. The lowest BCUT2D eigenvalue weighted by atomic mass is 9.99. The molecule has 0 saturated heterocycles. The van der Waals surface area contributed by atoms with Gasteiger partial charge in [0.1, 0.15) is 5.82 Å². The van der Waals surface area contributed by atoms with Crippen molar-refractivity contribution in [3.05, 3.63) is 69.9 Å². The van der Waals surface area contributed by atoms with Gasteiger partial charge in [0.15, 0.2) is 0 Å². The first-order chi connectivity index (χ1) is 8.70. The fraction of sp³-hybridized carbons (Fsp3) is 0.143. The van der Waals surface area contributed by atoms with Crippen LogP contribution in [0.25, 0.3) is 0 Å². The first kappa shape index (κ1) is 13.2. The summed E-state index contributed by atoms with van der Waals surface area (Å²) in [5, 5.41) is 0. The molecule has 2 nitrogen and oxygen atoms in total. The van der Waals surface area contributed by atoms with Crippen LogP contribution in [-0.2, 0) is 6.42 Å². The van der Waals surface area contributed by atoms with E-state index in [4.69, 9.17) is 5.84 Å². The molecule has 0 aliphatic heterocycles. The van der Waals surface area contributed by atoms with Crippen LogP contribution < -0.4 is 11.3 Å². The van der Waals surface area contributed by atoms with Crippen LogP contribution in [0.1, 0.15) is 17.2 Å². The van der Waals surface area contributed by atoms with E-state index in [1.54, 1.807) is 12.1 Å². The molecular formula is C14H14BrFN2. The van der Waals surface area contributed by atoms with Crippen molar-refractivity contribution in [3.63, 3.8) is 0 Å². The number of benzene rings is 2. The Labute approximate surface area is 114 Å². The second kappa shape index (κ2) is 6.09. The molecule has 0 aliphatic carbocycles. The molecule has 0 bridgehead atoms. The van der Waals surface area contributed by atoms with E-state index in [2.05, 4.69) is 21.4 Å². The highest BCUT2D eigenvalue weighted by atomic mass is 79.9. The van der Waals surface area contributed by atoms with Gasteiger partial charge in [-0.05, 0) is 30.2 Å². The van der Waals surface area contributed by atoms with Crippen molar-refractivity contribution in [2.45, 2.75) is 12.5 Å². The van der Waals surface area contributed by atoms with E-state index in [1.165, 1.54) is 6.07 Å². The third kappa shape index (κ3) is 3.16. The van der Waals surface area contributed by atoms with Crippen molar-refractivity contribution in [2.24, 2.45) is 5.84 Å².